The van der Waals surface area contributed by atoms with Gasteiger partial charge in [-0.15, -0.1) is 0 Å². The number of nitrogens with one attached hydrogen (secondary N) is 1. The highest BCUT2D eigenvalue weighted by Gasteiger charge is 2.27. The third kappa shape index (κ3) is 6.15. The molecule has 0 bridgehead atoms. The molecule has 0 spiro atoms. The van der Waals surface area contributed by atoms with Crippen LogP contribution in [0.3, 0.4) is 0 Å². The Labute approximate surface area is 214 Å². The summed E-state index contributed by atoms with van der Waals surface area (Å²) in [6.07, 6.45) is 3.39. The van der Waals surface area contributed by atoms with Crippen molar-refractivity contribution in [3.63, 3.8) is 0 Å². The molecule has 1 aliphatic heterocycles. The van der Waals surface area contributed by atoms with Crippen molar-refractivity contribution in [3.05, 3.63) is 95.1 Å². The second kappa shape index (κ2) is 11.7. The van der Waals surface area contributed by atoms with E-state index >= 15 is 0 Å². The molecule has 1 saturated heterocycles. The van der Waals surface area contributed by atoms with E-state index in [0.717, 1.165) is 36.0 Å². The summed E-state index contributed by atoms with van der Waals surface area (Å²) in [6, 6.07) is 22.7. The quantitative estimate of drug-likeness (QED) is 0.442. The van der Waals surface area contributed by atoms with E-state index in [1.54, 1.807) is 29.6 Å². The predicted molar refractivity (Wildman–Crippen MR) is 142 cm³/mol. The summed E-state index contributed by atoms with van der Waals surface area (Å²) in [7, 11) is -2.01. The molecule has 1 fully saturated rings. The zero-order valence-electron chi connectivity index (χ0n) is 20.9. The fraction of sp³-hybridized carbons (Fsp3) is 0.345. The van der Waals surface area contributed by atoms with Crippen LogP contribution in [-0.2, 0) is 21.2 Å². The first-order chi connectivity index (χ1) is 17.4. The number of hydrogen-bond donors (Lipinski definition) is 1. The maximum absolute atomic E-state index is 13.2. The van der Waals surface area contributed by atoms with E-state index in [2.05, 4.69) is 5.32 Å². The highest BCUT2D eigenvalue weighted by Crippen LogP contribution is 2.28. The minimum atomic E-state index is -3.57. The molecule has 1 amide bonds. The van der Waals surface area contributed by atoms with Crippen LogP contribution in [0.15, 0.2) is 77.7 Å². The molecule has 1 aliphatic rings. The number of carbonyl (C=O) groups is 1. The van der Waals surface area contributed by atoms with E-state index < -0.39 is 10.0 Å². The molecule has 6 nitrogen and oxygen atoms in total. The van der Waals surface area contributed by atoms with Gasteiger partial charge in [0.25, 0.3) is 0 Å². The summed E-state index contributed by atoms with van der Waals surface area (Å²) in [5, 5.41) is 3.17. The number of nitrogens with zero attached hydrogens (tertiary/aromatic N) is 1. The average molecular weight is 507 g/mol. The topological polar surface area (TPSA) is 75.7 Å². The van der Waals surface area contributed by atoms with Gasteiger partial charge in [-0.3, -0.25) is 4.79 Å². The second-order valence-electron chi connectivity index (χ2n) is 9.26. The number of methoxy groups -OCH3 is 1. The van der Waals surface area contributed by atoms with Gasteiger partial charge in [-0.1, -0.05) is 66.6 Å². The lowest BCUT2D eigenvalue weighted by atomic mass is 9.97. The second-order valence-corrected chi connectivity index (χ2v) is 11.2. The van der Waals surface area contributed by atoms with Crippen LogP contribution in [0.25, 0.3) is 0 Å². The van der Waals surface area contributed by atoms with Crippen molar-refractivity contribution >= 4 is 15.9 Å². The van der Waals surface area contributed by atoms with Crippen LogP contribution in [0.1, 0.15) is 54.0 Å². The number of aryl methyl sites for hydroxylation is 2. The molecule has 0 aromatic heterocycles. The Balaban J connectivity index is 1.50. The molecule has 1 N–H and O–H groups in total. The number of rotatable bonds is 9. The third-order valence-corrected chi connectivity index (χ3v) is 8.57. The summed E-state index contributed by atoms with van der Waals surface area (Å²) in [6.45, 7) is 3.13. The molecule has 36 heavy (non-hydrogen) atoms. The molecule has 7 heteroatoms. The Hall–Kier alpha value is -3.16. The van der Waals surface area contributed by atoms with Gasteiger partial charge < -0.3 is 10.1 Å². The normalized spacial score (nSPS) is 15.3. The van der Waals surface area contributed by atoms with E-state index in [-0.39, 0.29) is 23.3 Å². The number of sulfonamides is 1. The highest BCUT2D eigenvalue weighted by molar-refractivity contribution is 7.89. The van der Waals surface area contributed by atoms with Crippen LogP contribution >= 0.6 is 0 Å². The van der Waals surface area contributed by atoms with Gasteiger partial charge in [0, 0.05) is 19.5 Å². The predicted octanol–water partition coefficient (Wildman–Crippen LogP) is 5.02. The van der Waals surface area contributed by atoms with Crippen LogP contribution < -0.4 is 10.1 Å². The summed E-state index contributed by atoms with van der Waals surface area (Å²) >= 11 is 0. The van der Waals surface area contributed by atoms with Crippen LogP contribution in [0.2, 0.25) is 0 Å². The minimum Gasteiger partial charge on any atom is -0.496 e. The van der Waals surface area contributed by atoms with Crippen molar-refractivity contribution < 1.29 is 17.9 Å². The zero-order chi connectivity index (χ0) is 25.5. The van der Waals surface area contributed by atoms with Crippen LogP contribution in [0.4, 0.5) is 0 Å². The molecule has 3 aromatic carbocycles. The molecule has 190 valence electrons. The van der Waals surface area contributed by atoms with Gasteiger partial charge in [0.2, 0.25) is 15.9 Å². The van der Waals surface area contributed by atoms with Gasteiger partial charge in [0.15, 0.2) is 0 Å². The Morgan fingerprint density at radius 1 is 0.944 bits per heavy atom. The van der Waals surface area contributed by atoms with Crippen molar-refractivity contribution in [2.45, 2.75) is 50.0 Å². The average Bonchev–Trinajstić information content (AvgIpc) is 2.92. The molecular formula is C29H34N2O4S. The largest absolute Gasteiger partial charge is 0.496 e. The molecule has 1 unspecified atom stereocenters. The maximum Gasteiger partial charge on any atom is 0.243 e. The van der Waals surface area contributed by atoms with E-state index in [0.29, 0.717) is 30.8 Å². The van der Waals surface area contributed by atoms with E-state index in [4.69, 9.17) is 4.74 Å². The molecule has 0 aliphatic carbocycles. The van der Waals surface area contributed by atoms with Crippen molar-refractivity contribution in [1.29, 1.82) is 0 Å². The Morgan fingerprint density at radius 3 is 2.28 bits per heavy atom. The van der Waals surface area contributed by atoms with Crippen molar-refractivity contribution in [3.8, 4) is 5.75 Å². The smallest absolute Gasteiger partial charge is 0.243 e. The third-order valence-electron chi connectivity index (χ3n) is 6.67. The van der Waals surface area contributed by atoms with Crippen LogP contribution in [-0.4, -0.2) is 38.8 Å². The fourth-order valence-electron chi connectivity index (χ4n) is 4.61. The zero-order valence-corrected chi connectivity index (χ0v) is 21.8. The lowest BCUT2D eigenvalue weighted by molar-refractivity contribution is -0.121. The van der Waals surface area contributed by atoms with Crippen molar-refractivity contribution in [2.75, 3.05) is 20.2 Å². The van der Waals surface area contributed by atoms with Gasteiger partial charge >= 0.3 is 0 Å². The van der Waals surface area contributed by atoms with E-state index in [1.807, 2.05) is 61.5 Å². The van der Waals surface area contributed by atoms with Gasteiger partial charge in [0.05, 0.1) is 18.0 Å². The Kier molecular flexibility index (Phi) is 8.44. The summed E-state index contributed by atoms with van der Waals surface area (Å²) in [5.74, 6) is 0.467. The lowest BCUT2D eigenvalue weighted by Crippen LogP contribution is -2.35. The monoisotopic (exact) mass is 506 g/mol. The van der Waals surface area contributed by atoms with Crippen molar-refractivity contribution in [1.82, 2.24) is 9.62 Å². The van der Waals surface area contributed by atoms with Crippen LogP contribution in [0.5, 0.6) is 5.75 Å². The fourth-order valence-corrected chi connectivity index (χ4v) is 6.18. The number of benzene rings is 3. The molecule has 3 aromatic rings. The summed E-state index contributed by atoms with van der Waals surface area (Å²) < 4.78 is 33.4. The van der Waals surface area contributed by atoms with Crippen LogP contribution in [0, 0.1) is 6.92 Å². The molecule has 1 heterocycles. The molecule has 1 atom stereocenters. The maximum atomic E-state index is 13.2. The first-order valence-electron chi connectivity index (χ1n) is 12.5. The first kappa shape index (κ1) is 25.9. The first-order valence-corrected chi connectivity index (χ1v) is 13.9. The van der Waals surface area contributed by atoms with Gasteiger partial charge in [-0.25, -0.2) is 8.42 Å². The summed E-state index contributed by atoms with van der Waals surface area (Å²) in [4.78, 5) is 13.3. The number of carbonyl (C=O) groups excluding carboxylic acids is 1. The number of hydrogen-bond acceptors (Lipinski definition) is 4. The van der Waals surface area contributed by atoms with Gasteiger partial charge in [-0.2, -0.15) is 4.31 Å². The SMILES string of the molecule is COc1ccc(S(=O)(=O)N2CCCCC2)cc1CCC(=O)NC(c1ccccc1)c1ccc(C)cc1. The highest BCUT2D eigenvalue weighted by atomic mass is 32.2. The van der Waals surface area contributed by atoms with Gasteiger partial charge in [0.1, 0.15) is 5.75 Å². The Bertz CT molecular complexity index is 1270. The van der Waals surface area contributed by atoms with E-state index in [1.165, 1.54) is 0 Å². The molecular weight excluding hydrogens is 472 g/mol. The van der Waals surface area contributed by atoms with Gasteiger partial charge in [-0.05, 0) is 61.1 Å². The van der Waals surface area contributed by atoms with E-state index in [9.17, 15) is 13.2 Å². The van der Waals surface area contributed by atoms with Crippen molar-refractivity contribution in [2.24, 2.45) is 0 Å². The molecule has 4 rings (SSSR count). The lowest BCUT2D eigenvalue weighted by Gasteiger charge is -2.26. The summed E-state index contributed by atoms with van der Waals surface area (Å²) in [5.41, 5.74) is 3.87. The minimum absolute atomic E-state index is 0.115. The molecule has 0 saturated carbocycles. The Morgan fingerprint density at radius 2 is 1.61 bits per heavy atom. The number of piperidine rings is 1. The standard InChI is InChI=1S/C29H34N2O4S/c1-22-11-13-24(14-12-22)29(23-9-5-3-6-10-23)30-28(32)18-15-25-21-26(16-17-27(25)35-2)36(33,34)31-19-7-4-8-20-31/h3,5-6,9-14,16-17,21,29H,4,7-8,15,18-20H2,1-2H3,(H,30,32). The number of amides is 1. The molecule has 0 radical (unpaired) electrons. The number of ether oxygens (including phenoxy) is 1.